The molecular weight excluding hydrogens is 436 g/mol. The van der Waals surface area contributed by atoms with E-state index >= 15 is 0 Å². The summed E-state index contributed by atoms with van der Waals surface area (Å²) in [7, 11) is -3.53. The van der Waals surface area contributed by atoms with E-state index in [0.29, 0.717) is 43.8 Å². The number of sulfonamides is 1. The molecule has 2 aromatic carbocycles. The Labute approximate surface area is 195 Å². The molecule has 0 bridgehead atoms. The summed E-state index contributed by atoms with van der Waals surface area (Å²) in [5.74, 6) is -0.182. The zero-order chi connectivity index (χ0) is 23.4. The normalized spacial score (nSPS) is 15.5. The van der Waals surface area contributed by atoms with E-state index in [0.717, 1.165) is 22.5 Å². The van der Waals surface area contributed by atoms with E-state index in [1.165, 1.54) is 4.31 Å². The molecule has 1 aliphatic rings. The molecule has 0 aliphatic carbocycles. The van der Waals surface area contributed by atoms with Gasteiger partial charge in [0.25, 0.3) is 0 Å². The van der Waals surface area contributed by atoms with Gasteiger partial charge < -0.3 is 5.32 Å². The van der Waals surface area contributed by atoms with Crippen molar-refractivity contribution in [3.8, 4) is 5.69 Å². The molecule has 1 N–H and O–H groups in total. The lowest BCUT2D eigenvalue weighted by Gasteiger charge is -2.30. The lowest BCUT2D eigenvalue weighted by molar-refractivity contribution is -0.126. The summed E-state index contributed by atoms with van der Waals surface area (Å²) in [4.78, 5) is 12.9. The van der Waals surface area contributed by atoms with Crippen LogP contribution in [0.1, 0.15) is 29.7 Å². The molecule has 0 saturated carbocycles. The zero-order valence-electron chi connectivity index (χ0n) is 19.1. The Morgan fingerprint density at radius 2 is 1.76 bits per heavy atom. The Balaban J connectivity index is 1.26. The monoisotopic (exact) mass is 466 g/mol. The Bertz CT molecular complexity index is 1210. The molecule has 8 heteroatoms. The first-order valence-electron chi connectivity index (χ1n) is 11.3. The molecule has 1 fully saturated rings. The minimum Gasteiger partial charge on any atom is -0.355 e. The van der Waals surface area contributed by atoms with E-state index < -0.39 is 10.0 Å². The number of nitrogens with zero attached hydrogens (tertiary/aromatic N) is 3. The fourth-order valence-corrected chi connectivity index (χ4v) is 5.61. The average Bonchev–Trinajstić information content (AvgIpc) is 3.30. The van der Waals surface area contributed by atoms with Crippen molar-refractivity contribution in [3.05, 3.63) is 77.6 Å². The summed E-state index contributed by atoms with van der Waals surface area (Å²) in [6, 6.07) is 17.1. The van der Waals surface area contributed by atoms with Crippen molar-refractivity contribution in [1.29, 1.82) is 0 Å². The summed E-state index contributed by atoms with van der Waals surface area (Å²) in [5.41, 5.74) is 3.93. The third kappa shape index (κ3) is 5.34. The Hall–Kier alpha value is -2.97. The second-order valence-electron chi connectivity index (χ2n) is 8.55. The fraction of sp³-hybridized carbons (Fsp3) is 0.360. The number of para-hydroxylation sites is 1. The van der Waals surface area contributed by atoms with E-state index in [9.17, 15) is 13.2 Å². The minimum absolute atomic E-state index is 0.0132. The van der Waals surface area contributed by atoms with Crippen molar-refractivity contribution in [2.24, 2.45) is 5.92 Å². The highest BCUT2D eigenvalue weighted by molar-refractivity contribution is 7.89. The second-order valence-corrected chi connectivity index (χ2v) is 10.5. The van der Waals surface area contributed by atoms with Crippen LogP contribution in [0.4, 0.5) is 0 Å². The number of rotatable bonds is 7. The van der Waals surface area contributed by atoms with Crippen molar-refractivity contribution >= 4 is 15.9 Å². The van der Waals surface area contributed by atoms with Crippen LogP contribution in [-0.4, -0.2) is 48.0 Å². The van der Waals surface area contributed by atoms with Gasteiger partial charge in [0.05, 0.1) is 16.3 Å². The van der Waals surface area contributed by atoms with Crippen LogP contribution in [0.2, 0.25) is 0 Å². The second kappa shape index (κ2) is 9.89. The van der Waals surface area contributed by atoms with Crippen molar-refractivity contribution < 1.29 is 13.2 Å². The molecule has 1 aliphatic heterocycles. The van der Waals surface area contributed by atoms with Crippen molar-refractivity contribution in [3.63, 3.8) is 0 Å². The van der Waals surface area contributed by atoms with Crippen LogP contribution in [-0.2, 0) is 21.2 Å². The number of benzene rings is 2. The first kappa shape index (κ1) is 23.2. The molecule has 33 heavy (non-hydrogen) atoms. The summed E-state index contributed by atoms with van der Waals surface area (Å²) < 4.78 is 29.3. The van der Waals surface area contributed by atoms with Gasteiger partial charge in [-0.1, -0.05) is 24.3 Å². The van der Waals surface area contributed by atoms with E-state index in [1.54, 1.807) is 12.1 Å². The van der Waals surface area contributed by atoms with Gasteiger partial charge in [-0.3, -0.25) is 4.79 Å². The Morgan fingerprint density at radius 1 is 1.03 bits per heavy atom. The van der Waals surface area contributed by atoms with Gasteiger partial charge in [-0.2, -0.15) is 9.40 Å². The topological polar surface area (TPSA) is 84.3 Å². The molecule has 1 saturated heterocycles. The molecule has 174 valence electrons. The molecule has 1 aromatic heterocycles. The SMILES string of the molecule is Cc1ccc(S(=O)(=O)N2CCC(C(=O)NCCc3ccn(-c4ccccc4)n3)CC2)cc1C. The van der Waals surface area contributed by atoms with E-state index in [4.69, 9.17) is 0 Å². The fourth-order valence-electron chi connectivity index (χ4n) is 4.06. The molecule has 0 radical (unpaired) electrons. The van der Waals surface area contributed by atoms with Crippen LogP contribution in [0.5, 0.6) is 0 Å². The van der Waals surface area contributed by atoms with Gasteiger partial charge in [0.15, 0.2) is 0 Å². The van der Waals surface area contributed by atoms with Crippen molar-refractivity contribution in [2.75, 3.05) is 19.6 Å². The molecule has 0 unspecified atom stereocenters. The highest BCUT2D eigenvalue weighted by Gasteiger charge is 2.32. The van der Waals surface area contributed by atoms with Gasteiger partial charge in [0.2, 0.25) is 15.9 Å². The van der Waals surface area contributed by atoms with E-state index in [-0.39, 0.29) is 11.8 Å². The molecule has 0 spiro atoms. The predicted molar refractivity (Wildman–Crippen MR) is 128 cm³/mol. The van der Waals surface area contributed by atoms with E-state index in [1.807, 2.05) is 67.2 Å². The number of hydrogen-bond acceptors (Lipinski definition) is 4. The summed E-state index contributed by atoms with van der Waals surface area (Å²) in [5, 5.41) is 7.55. The standard InChI is InChI=1S/C25H30N4O3S/c1-19-8-9-24(18-20(19)2)33(31,32)28-15-11-21(12-16-28)25(30)26-14-10-22-13-17-29(27-22)23-6-4-3-5-7-23/h3-9,13,17-18,21H,10-12,14-16H2,1-2H3,(H,26,30). The largest absolute Gasteiger partial charge is 0.355 e. The number of aryl methyl sites for hydroxylation is 2. The summed E-state index contributed by atoms with van der Waals surface area (Å²) >= 11 is 0. The van der Waals surface area contributed by atoms with Gasteiger partial charge >= 0.3 is 0 Å². The maximum atomic E-state index is 13.0. The van der Waals surface area contributed by atoms with Crippen LogP contribution in [0.15, 0.2) is 65.7 Å². The van der Waals surface area contributed by atoms with Crippen LogP contribution in [0.25, 0.3) is 5.69 Å². The minimum atomic E-state index is -3.53. The first-order chi connectivity index (χ1) is 15.8. The number of piperidine rings is 1. The maximum absolute atomic E-state index is 13.0. The Kier molecular flexibility index (Phi) is 6.95. The third-order valence-electron chi connectivity index (χ3n) is 6.29. The first-order valence-corrected chi connectivity index (χ1v) is 12.7. The highest BCUT2D eigenvalue weighted by atomic mass is 32.2. The van der Waals surface area contributed by atoms with Gasteiger partial charge in [0.1, 0.15) is 0 Å². The van der Waals surface area contributed by atoms with Gasteiger partial charge in [0, 0.05) is 38.2 Å². The maximum Gasteiger partial charge on any atom is 0.243 e. The third-order valence-corrected chi connectivity index (χ3v) is 8.18. The predicted octanol–water partition coefficient (Wildman–Crippen LogP) is 3.25. The number of carbonyl (C=O) groups excluding carboxylic acids is 1. The van der Waals surface area contributed by atoms with E-state index in [2.05, 4.69) is 10.4 Å². The van der Waals surface area contributed by atoms with Crippen molar-refractivity contribution in [2.45, 2.75) is 38.0 Å². The van der Waals surface area contributed by atoms with Crippen LogP contribution in [0, 0.1) is 19.8 Å². The van der Waals surface area contributed by atoms with Crippen molar-refractivity contribution in [1.82, 2.24) is 19.4 Å². The summed E-state index contributed by atoms with van der Waals surface area (Å²) in [6.45, 7) is 5.09. The average molecular weight is 467 g/mol. The molecule has 1 amide bonds. The van der Waals surface area contributed by atoms with Gasteiger partial charge in [-0.05, 0) is 68.1 Å². The van der Waals surface area contributed by atoms with Gasteiger partial charge in [-0.15, -0.1) is 0 Å². The molecule has 2 heterocycles. The Morgan fingerprint density at radius 3 is 2.45 bits per heavy atom. The lowest BCUT2D eigenvalue weighted by Crippen LogP contribution is -2.43. The molecular formula is C25H30N4O3S. The van der Waals surface area contributed by atoms with Crippen LogP contribution >= 0.6 is 0 Å². The highest BCUT2D eigenvalue weighted by Crippen LogP contribution is 2.25. The van der Waals surface area contributed by atoms with Gasteiger partial charge in [-0.25, -0.2) is 13.1 Å². The molecule has 3 aromatic rings. The molecule has 4 rings (SSSR count). The number of carbonyl (C=O) groups is 1. The van der Waals surface area contributed by atoms with Crippen LogP contribution in [0.3, 0.4) is 0 Å². The quantitative estimate of drug-likeness (QED) is 0.579. The molecule has 0 atom stereocenters. The number of nitrogens with one attached hydrogen (secondary N) is 1. The zero-order valence-corrected chi connectivity index (χ0v) is 19.9. The smallest absolute Gasteiger partial charge is 0.243 e. The van der Waals surface area contributed by atoms with Crippen LogP contribution < -0.4 is 5.32 Å². The summed E-state index contributed by atoms with van der Waals surface area (Å²) in [6.07, 6.45) is 3.61. The molecule has 7 nitrogen and oxygen atoms in total. The number of hydrogen-bond donors (Lipinski definition) is 1. The lowest BCUT2D eigenvalue weighted by atomic mass is 9.97. The number of aromatic nitrogens is 2. The number of amides is 1.